The molecule has 2 nitrogen and oxygen atoms in total. The van der Waals surface area contributed by atoms with Crippen molar-refractivity contribution in [2.75, 3.05) is 20.1 Å². The van der Waals surface area contributed by atoms with Crippen LogP contribution in [0.15, 0.2) is 24.3 Å². The molecule has 0 aromatic heterocycles. The van der Waals surface area contributed by atoms with Gasteiger partial charge in [0.2, 0.25) is 0 Å². The molecule has 0 aliphatic carbocycles. The highest BCUT2D eigenvalue weighted by molar-refractivity contribution is 5.21. The van der Waals surface area contributed by atoms with E-state index < -0.39 is 0 Å². The lowest BCUT2D eigenvalue weighted by atomic mass is 10.1. The summed E-state index contributed by atoms with van der Waals surface area (Å²) in [6.45, 7) is 5.21. The lowest BCUT2D eigenvalue weighted by Gasteiger charge is -2.16. The van der Waals surface area contributed by atoms with Gasteiger partial charge in [0.05, 0.1) is 0 Å². The Morgan fingerprint density at radius 2 is 1.88 bits per heavy atom. The first-order chi connectivity index (χ1) is 8.22. The predicted octanol–water partition coefficient (Wildman–Crippen LogP) is 2.95. The largest absolute Gasteiger partial charge is 0.330 e. The van der Waals surface area contributed by atoms with Gasteiger partial charge in [-0.1, -0.05) is 42.7 Å². The second-order valence-electron chi connectivity index (χ2n) is 4.93. The minimum atomic E-state index is 0.832. The van der Waals surface area contributed by atoms with Crippen LogP contribution in [0.2, 0.25) is 0 Å². The number of aryl methyl sites for hydroxylation is 1. The number of hydrogen-bond donors (Lipinski definition) is 1. The molecule has 0 fully saturated rings. The van der Waals surface area contributed by atoms with Crippen molar-refractivity contribution in [1.29, 1.82) is 0 Å². The standard InChI is InChI=1S/C15H26N2/c1-14-8-7-9-15(12-14)13-17(2)11-6-4-3-5-10-16/h7-9,12H,3-6,10-11,13,16H2,1-2H3. The SMILES string of the molecule is Cc1cccc(CN(C)CCCCCCN)c1. The summed E-state index contributed by atoms with van der Waals surface area (Å²) in [5.74, 6) is 0. The quantitative estimate of drug-likeness (QED) is 0.701. The third kappa shape index (κ3) is 6.44. The summed E-state index contributed by atoms with van der Waals surface area (Å²) in [5.41, 5.74) is 8.23. The number of benzene rings is 1. The molecular formula is C15H26N2. The maximum atomic E-state index is 5.48. The molecule has 2 heteroatoms. The van der Waals surface area contributed by atoms with E-state index >= 15 is 0 Å². The van der Waals surface area contributed by atoms with Crippen LogP contribution >= 0.6 is 0 Å². The lowest BCUT2D eigenvalue weighted by Crippen LogP contribution is -2.19. The smallest absolute Gasteiger partial charge is 0.0230 e. The van der Waals surface area contributed by atoms with Gasteiger partial charge in [-0.25, -0.2) is 0 Å². The van der Waals surface area contributed by atoms with Gasteiger partial charge in [-0.05, 0) is 45.5 Å². The summed E-state index contributed by atoms with van der Waals surface area (Å²) in [5, 5.41) is 0. The van der Waals surface area contributed by atoms with E-state index in [0.29, 0.717) is 0 Å². The lowest BCUT2D eigenvalue weighted by molar-refractivity contribution is 0.317. The highest BCUT2D eigenvalue weighted by atomic mass is 15.1. The van der Waals surface area contributed by atoms with Crippen molar-refractivity contribution >= 4 is 0 Å². The molecule has 17 heavy (non-hydrogen) atoms. The Bertz CT molecular complexity index is 310. The molecule has 1 aromatic rings. The van der Waals surface area contributed by atoms with E-state index in [1.807, 2.05) is 0 Å². The van der Waals surface area contributed by atoms with Crippen molar-refractivity contribution < 1.29 is 0 Å². The average molecular weight is 234 g/mol. The first-order valence-corrected chi connectivity index (χ1v) is 6.66. The van der Waals surface area contributed by atoms with E-state index in [4.69, 9.17) is 5.73 Å². The molecule has 0 unspecified atom stereocenters. The molecule has 96 valence electrons. The summed E-state index contributed by atoms with van der Waals surface area (Å²) in [6, 6.07) is 8.76. The summed E-state index contributed by atoms with van der Waals surface area (Å²) in [4.78, 5) is 2.40. The highest BCUT2D eigenvalue weighted by Crippen LogP contribution is 2.08. The second kappa shape index (κ2) is 8.26. The highest BCUT2D eigenvalue weighted by Gasteiger charge is 2.00. The number of nitrogens with zero attached hydrogens (tertiary/aromatic N) is 1. The number of hydrogen-bond acceptors (Lipinski definition) is 2. The summed E-state index contributed by atoms with van der Waals surface area (Å²) in [6.07, 6.45) is 5.02. The van der Waals surface area contributed by atoms with Gasteiger partial charge in [0.15, 0.2) is 0 Å². The van der Waals surface area contributed by atoms with Gasteiger partial charge in [0.1, 0.15) is 0 Å². The molecule has 1 aromatic carbocycles. The van der Waals surface area contributed by atoms with Crippen molar-refractivity contribution in [3.8, 4) is 0 Å². The minimum Gasteiger partial charge on any atom is -0.330 e. The fraction of sp³-hybridized carbons (Fsp3) is 0.600. The summed E-state index contributed by atoms with van der Waals surface area (Å²) in [7, 11) is 2.20. The molecule has 2 N–H and O–H groups in total. The molecule has 0 amide bonds. The summed E-state index contributed by atoms with van der Waals surface area (Å²) < 4.78 is 0. The van der Waals surface area contributed by atoms with Crippen LogP contribution < -0.4 is 5.73 Å². The Morgan fingerprint density at radius 1 is 1.12 bits per heavy atom. The number of rotatable bonds is 8. The normalized spacial score (nSPS) is 11.1. The van der Waals surface area contributed by atoms with Crippen LogP contribution in [-0.2, 0) is 6.54 Å². The van der Waals surface area contributed by atoms with Gasteiger partial charge in [0, 0.05) is 6.54 Å². The second-order valence-corrected chi connectivity index (χ2v) is 4.93. The first kappa shape index (κ1) is 14.2. The van der Waals surface area contributed by atoms with Crippen LogP contribution in [0.25, 0.3) is 0 Å². The van der Waals surface area contributed by atoms with E-state index in [1.165, 1.54) is 43.4 Å². The fourth-order valence-corrected chi connectivity index (χ4v) is 2.08. The van der Waals surface area contributed by atoms with Crippen molar-refractivity contribution in [2.45, 2.75) is 39.2 Å². The molecule has 0 bridgehead atoms. The molecule has 0 heterocycles. The van der Waals surface area contributed by atoms with Gasteiger partial charge in [-0.3, -0.25) is 0 Å². The number of nitrogens with two attached hydrogens (primary N) is 1. The van der Waals surface area contributed by atoms with Crippen LogP contribution in [0, 0.1) is 6.92 Å². The van der Waals surface area contributed by atoms with Crippen LogP contribution in [0.1, 0.15) is 36.8 Å². The van der Waals surface area contributed by atoms with Gasteiger partial charge < -0.3 is 10.6 Å². The molecule has 0 spiro atoms. The van der Waals surface area contributed by atoms with Crippen molar-refractivity contribution in [1.82, 2.24) is 4.90 Å². The Labute approximate surface area is 106 Å². The Hall–Kier alpha value is -0.860. The van der Waals surface area contributed by atoms with E-state index in [1.54, 1.807) is 0 Å². The van der Waals surface area contributed by atoms with Gasteiger partial charge >= 0.3 is 0 Å². The molecular weight excluding hydrogens is 208 g/mol. The van der Waals surface area contributed by atoms with E-state index in [0.717, 1.165) is 13.1 Å². The Morgan fingerprint density at radius 3 is 2.59 bits per heavy atom. The van der Waals surface area contributed by atoms with Crippen LogP contribution in [-0.4, -0.2) is 25.0 Å². The molecule has 1 rings (SSSR count). The third-order valence-electron chi connectivity index (χ3n) is 3.03. The van der Waals surface area contributed by atoms with Gasteiger partial charge in [0.25, 0.3) is 0 Å². The van der Waals surface area contributed by atoms with Crippen LogP contribution in [0.3, 0.4) is 0 Å². The van der Waals surface area contributed by atoms with Crippen molar-refractivity contribution in [3.63, 3.8) is 0 Å². The van der Waals surface area contributed by atoms with Gasteiger partial charge in [-0.15, -0.1) is 0 Å². The predicted molar refractivity (Wildman–Crippen MR) is 75.0 cm³/mol. The van der Waals surface area contributed by atoms with Crippen LogP contribution in [0.5, 0.6) is 0 Å². The van der Waals surface area contributed by atoms with Crippen molar-refractivity contribution in [3.05, 3.63) is 35.4 Å². The third-order valence-corrected chi connectivity index (χ3v) is 3.03. The molecule has 0 aliphatic heterocycles. The maximum Gasteiger partial charge on any atom is 0.0230 e. The van der Waals surface area contributed by atoms with E-state index in [2.05, 4.69) is 43.1 Å². The van der Waals surface area contributed by atoms with Crippen LogP contribution in [0.4, 0.5) is 0 Å². The Balaban J connectivity index is 2.18. The summed E-state index contributed by atoms with van der Waals surface area (Å²) >= 11 is 0. The first-order valence-electron chi connectivity index (χ1n) is 6.66. The fourth-order valence-electron chi connectivity index (χ4n) is 2.08. The molecule has 0 atom stereocenters. The van der Waals surface area contributed by atoms with E-state index in [-0.39, 0.29) is 0 Å². The molecule has 0 radical (unpaired) electrons. The van der Waals surface area contributed by atoms with Crippen molar-refractivity contribution in [2.24, 2.45) is 5.73 Å². The number of unbranched alkanes of at least 4 members (excludes halogenated alkanes) is 3. The maximum absolute atomic E-state index is 5.48. The molecule has 0 saturated heterocycles. The molecule has 0 aliphatic rings. The topological polar surface area (TPSA) is 29.3 Å². The van der Waals surface area contributed by atoms with E-state index in [9.17, 15) is 0 Å². The zero-order chi connectivity index (χ0) is 12.5. The zero-order valence-corrected chi connectivity index (χ0v) is 11.3. The molecule has 0 saturated carbocycles. The monoisotopic (exact) mass is 234 g/mol. The minimum absolute atomic E-state index is 0.832. The van der Waals surface area contributed by atoms with Gasteiger partial charge in [-0.2, -0.15) is 0 Å². The average Bonchev–Trinajstić information content (AvgIpc) is 2.29. The zero-order valence-electron chi connectivity index (χ0n) is 11.3. The Kier molecular flexibility index (Phi) is 6.90.